The van der Waals surface area contributed by atoms with E-state index in [-0.39, 0.29) is 5.91 Å². The van der Waals surface area contributed by atoms with Crippen LogP contribution in [0.25, 0.3) is 0 Å². The van der Waals surface area contributed by atoms with E-state index in [0.29, 0.717) is 16.1 Å². The van der Waals surface area contributed by atoms with Crippen molar-refractivity contribution in [3.05, 3.63) is 15.5 Å². The van der Waals surface area contributed by atoms with Gasteiger partial charge < -0.3 is 4.90 Å². The van der Waals surface area contributed by atoms with Gasteiger partial charge in [-0.25, -0.2) is 4.98 Å². The topological polar surface area (TPSA) is 33.2 Å². The lowest BCUT2D eigenvalue weighted by Gasteiger charge is -2.36. The lowest BCUT2D eigenvalue weighted by molar-refractivity contribution is 0.0530. The summed E-state index contributed by atoms with van der Waals surface area (Å²) in [5, 5.41) is 2.58. The molecule has 2 heterocycles. The Morgan fingerprint density at radius 1 is 1.77 bits per heavy atom. The summed E-state index contributed by atoms with van der Waals surface area (Å²) in [5.74, 6) is 0.634. The quantitative estimate of drug-likeness (QED) is 0.718. The minimum Gasteiger partial charge on any atom is -0.336 e. The van der Waals surface area contributed by atoms with Crippen LogP contribution in [-0.2, 0) is 0 Å². The molecule has 1 amide bonds. The van der Waals surface area contributed by atoms with Gasteiger partial charge in [-0.15, -0.1) is 11.3 Å². The second-order valence-electron chi connectivity index (χ2n) is 3.29. The summed E-state index contributed by atoms with van der Waals surface area (Å²) in [4.78, 5) is 17.3. The smallest absolute Gasteiger partial charge is 0.282 e. The lowest BCUT2D eigenvalue weighted by Crippen LogP contribution is -2.48. The van der Waals surface area contributed by atoms with E-state index in [2.05, 4.69) is 11.9 Å². The molecule has 13 heavy (non-hydrogen) atoms. The molecule has 5 heteroatoms. The van der Waals surface area contributed by atoms with E-state index >= 15 is 0 Å². The first-order chi connectivity index (χ1) is 6.16. The zero-order chi connectivity index (χ0) is 9.42. The summed E-state index contributed by atoms with van der Waals surface area (Å²) in [6.45, 7) is 3.81. The number of amides is 1. The van der Waals surface area contributed by atoms with Crippen LogP contribution in [0.1, 0.15) is 16.7 Å². The first-order valence-corrected chi connectivity index (χ1v) is 5.33. The van der Waals surface area contributed by atoms with Gasteiger partial charge in [-0.1, -0.05) is 18.5 Å². The summed E-state index contributed by atoms with van der Waals surface area (Å²) in [7, 11) is 0. The Kier molecular flexibility index (Phi) is 2.26. The van der Waals surface area contributed by atoms with E-state index in [1.165, 1.54) is 11.3 Å². The molecule has 2 rings (SSSR count). The molecule has 0 atom stereocenters. The molecule has 0 bridgehead atoms. The third kappa shape index (κ3) is 1.69. The van der Waals surface area contributed by atoms with Crippen LogP contribution >= 0.6 is 22.9 Å². The summed E-state index contributed by atoms with van der Waals surface area (Å²) < 4.78 is 0. The second-order valence-corrected chi connectivity index (χ2v) is 4.54. The molecule has 0 unspecified atom stereocenters. The summed E-state index contributed by atoms with van der Waals surface area (Å²) in [6, 6.07) is 0. The Morgan fingerprint density at radius 3 is 2.92 bits per heavy atom. The number of rotatable bonds is 1. The highest BCUT2D eigenvalue weighted by molar-refractivity contribution is 7.12. The van der Waals surface area contributed by atoms with Gasteiger partial charge in [0.2, 0.25) is 0 Å². The van der Waals surface area contributed by atoms with Crippen LogP contribution in [0, 0.1) is 5.92 Å². The Morgan fingerprint density at radius 2 is 2.46 bits per heavy atom. The van der Waals surface area contributed by atoms with Crippen LogP contribution in [0.2, 0.25) is 5.15 Å². The summed E-state index contributed by atoms with van der Waals surface area (Å²) in [6.07, 6.45) is 0. The number of hydrogen-bond donors (Lipinski definition) is 0. The number of likely N-dealkylation sites (tertiary alicyclic amines) is 1. The summed E-state index contributed by atoms with van der Waals surface area (Å²) >= 11 is 6.93. The molecule has 0 aromatic carbocycles. The molecular formula is C8H9ClN2OS. The van der Waals surface area contributed by atoms with Gasteiger partial charge in [-0.3, -0.25) is 4.79 Å². The molecule has 1 saturated heterocycles. The number of nitrogens with zero attached hydrogens (tertiary/aromatic N) is 2. The highest BCUT2D eigenvalue weighted by Gasteiger charge is 2.29. The van der Waals surface area contributed by atoms with Crippen molar-refractivity contribution in [2.75, 3.05) is 13.1 Å². The van der Waals surface area contributed by atoms with Crippen LogP contribution < -0.4 is 0 Å². The number of carbonyl (C=O) groups excluding carboxylic acids is 1. The molecule has 70 valence electrons. The maximum absolute atomic E-state index is 11.6. The first-order valence-electron chi connectivity index (χ1n) is 4.07. The lowest BCUT2D eigenvalue weighted by atomic mass is 10.0. The molecule has 0 aliphatic carbocycles. The number of hydrogen-bond acceptors (Lipinski definition) is 3. The molecular weight excluding hydrogens is 208 g/mol. The Balaban J connectivity index is 2.06. The van der Waals surface area contributed by atoms with Gasteiger partial charge in [0.25, 0.3) is 5.91 Å². The molecule has 0 spiro atoms. The molecule has 1 aromatic rings. The van der Waals surface area contributed by atoms with Crippen LogP contribution in [0.4, 0.5) is 0 Å². The fourth-order valence-electron chi connectivity index (χ4n) is 1.35. The van der Waals surface area contributed by atoms with Gasteiger partial charge >= 0.3 is 0 Å². The van der Waals surface area contributed by atoms with Gasteiger partial charge in [0, 0.05) is 18.5 Å². The van der Waals surface area contributed by atoms with Gasteiger partial charge in [0.1, 0.15) is 5.15 Å². The minimum atomic E-state index is 0.00926. The van der Waals surface area contributed by atoms with Crippen molar-refractivity contribution < 1.29 is 4.79 Å². The van der Waals surface area contributed by atoms with Crippen molar-refractivity contribution in [2.45, 2.75) is 6.92 Å². The molecule has 1 aromatic heterocycles. The van der Waals surface area contributed by atoms with Crippen molar-refractivity contribution in [1.82, 2.24) is 9.88 Å². The first kappa shape index (κ1) is 8.97. The fraction of sp³-hybridized carbons (Fsp3) is 0.500. The maximum atomic E-state index is 11.6. The molecule has 1 aliphatic heterocycles. The van der Waals surface area contributed by atoms with Crippen LogP contribution in [0.5, 0.6) is 0 Å². The molecule has 0 saturated carbocycles. The zero-order valence-corrected chi connectivity index (χ0v) is 8.73. The van der Waals surface area contributed by atoms with E-state index in [0.717, 1.165) is 13.1 Å². The van der Waals surface area contributed by atoms with Crippen molar-refractivity contribution in [3.8, 4) is 0 Å². The van der Waals surface area contributed by atoms with Crippen LogP contribution in [0.15, 0.2) is 5.38 Å². The predicted octanol–water partition coefficient (Wildman–Crippen LogP) is 1.89. The number of thiazole rings is 1. The van der Waals surface area contributed by atoms with Crippen molar-refractivity contribution in [3.63, 3.8) is 0 Å². The van der Waals surface area contributed by atoms with Gasteiger partial charge in [0.05, 0.1) is 0 Å². The average Bonchev–Trinajstić information content (AvgIpc) is 2.45. The van der Waals surface area contributed by atoms with E-state index < -0.39 is 0 Å². The molecule has 0 N–H and O–H groups in total. The van der Waals surface area contributed by atoms with Crippen molar-refractivity contribution >= 4 is 28.8 Å². The predicted molar refractivity (Wildman–Crippen MR) is 52.2 cm³/mol. The Labute approximate surface area is 85.3 Å². The largest absolute Gasteiger partial charge is 0.336 e. The van der Waals surface area contributed by atoms with Gasteiger partial charge in [0.15, 0.2) is 5.01 Å². The zero-order valence-electron chi connectivity index (χ0n) is 7.16. The molecule has 3 nitrogen and oxygen atoms in total. The Bertz CT molecular complexity index is 333. The van der Waals surface area contributed by atoms with Gasteiger partial charge in [-0.2, -0.15) is 0 Å². The van der Waals surface area contributed by atoms with E-state index in [4.69, 9.17) is 11.6 Å². The molecule has 1 aliphatic rings. The molecule has 1 fully saturated rings. The van der Waals surface area contributed by atoms with Crippen molar-refractivity contribution in [1.29, 1.82) is 0 Å². The van der Waals surface area contributed by atoms with Crippen LogP contribution in [0.3, 0.4) is 0 Å². The Hall–Kier alpha value is -0.610. The monoisotopic (exact) mass is 216 g/mol. The average molecular weight is 217 g/mol. The van der Waals surface area contributed by atoms with E-state index in [1.54, 1.807) is 10.3 Å². The fourth-order valence-corrected chi connectivity index (χ4v) is 2.26. The molecule has 0 radical (unpaired) electrons. The van der Waals surface area contributed by atoms with E-state index in [1.807, 2.05) is 0 Å². The highest BCUT2D eigenvalue weighted by atomic mass is 35.5. The normalized spacial score (nSPS) is 17.2. The van der Waals surface area contributed by atoms with Gasteiger partial charge in [-0.05, 0) is 5.92 Å². The van der Waals surface area contributed by atoms with E-state index in [9.17, 15) is 4.79 Å². The minimum absolute atomic E-state index is 0.00926. The third-order valence-corrected chi connectivity index (χ3v) is 3.16. The standard InChI is InChI=1S/C8H9ClN2OS/c1-5-2-11(3-5)8(12)7-10-6(9)4-13-7/h4-5H,2-3H2,1H3. The van der Waals surface area contributed by atoms with Crippen LogP contribution in [-0.4, -0.2) is 28.9 Å². The SMILES string of the molecule is CC1CN(C(=O)c2nc(Cl)cs2)C1. The van der Waals surface area contributed by atoms with Crippen molar-refractivity contribution in [2.24, 2.45) is 5.92 Å². The third-order valence-electron chi connectivity index (χ3n) is 2.01. The maximum Gasteiger partial charge on any atom is 0.282 e. The highest BCUT2D eigenvalue weighted by Crippen LogP contribution is 2.21. The number of aromatic nitrogens is 1. The second kappa shape index (κ2) is 3.27. The number of carbonyl (C=O) groups is 1. The summed E-state index contributed by atoms with van der Waals surface area (Å²) in [5.41, 5.74) is 0. The number of halogens is 1.